The maximum atomic E-state index is 13.5. The number of hydrogen-bond donors (Lipinski definition) is 2. The molecule has 38 heavy (non-hydrogen) atoms. The highest BCUT2D eigenvalue weighted by molar-refractivity contribution is 6.99. The molecule has 4 nitrogen and oxygen atoms in total. The molecule has 0 radical (unpaired) electrons. The Morgan fingerprint density at radius 3 is 2.13 bits per heavy atom. The number of benzene rings is 3. The van der Waals surface area contributed by atoms with Crippen molar-refractivity contribution in [1.82, 2.24) is 0 Å². The molecule has 2 N–H and O–H groups in total. The van der Waals surface area contributed by atoms with E-state index in [2.05, 4.69) is 86.8 Å². The molecular formula is C32H40FNO3Si. The second-order valence-corrected chi connectivity index (χ2v) is 16.2. The first-order chi connectivity index (χ1) is 18.2. The zero-order chi connectivity index (χ0) is 26.8. The summed E-state index contributed by atoms with van der Waals surface area (Å²) < 4.78 is 27.0. The topological polar surface area (TPSA) is 50.7 Å². The van der Waals surface area contributed by atoms with Crippen LogP contribution in [0, 0.1) is 11.7 Å². The van der Waals surface area contributed by atoms with E-state index in [1.165, 1.54) is 22.5 Å². The van der Waals surface area contributed by atoms with Crippen molar-refractivity contribution < 1.29 is 18.7 Å². The average molecular weight is 534 g/mol. The number of halogens is 1. The van der Waals surface area contributed by atoms with Crippen molar-refractivity contribution in [2.24, 2.45) is 5.92 Å². The predicted molar refractivity (Wildman–Crippen MR) is 154 cm³/mol. The van der Waals surface area contributed by atoms with Gasteiger partial charge in [0.05, 0.1) is 12.1 Å². The number of fused-ring (bicyclic) bond motifs is 1. The summed E-state index contributed by atoms with van der Waals surface area (Å²) in [5.74, 6) is -0.189. The van der Waals surface area contributed by atoms with Crippen LogP contribution in [0.25, 0.3) is 0 Å². The minimum Gasteiger partial charge on any atom is -0.407 e. The summed E-state index contributed by atoms with van der Waals surface area (Å²) in [5, 5.41) is 17.9. The SMILES string of the molecule is CC(C)(C)[Si](OC[C@@H]1CC[C@@H](Nc2ccc(F)cc2)[C@@]2(O)CCCO[C@H]12)(c1ccccc1)c1ccccc1. The maximum absolute atomic E-state index is 13.5. The van der Waals surface area contributed by atoms with Crippen LogP contribution in [0.1, 0.15) is 46.5 Å². The lowest BCUT2D eigenvalue weighted by molar-refractivity contribution is -0.194. The molecule has 0 bridgehead atoms. The van der Waals surface area contributed by atoms with Crippen LogP contribution in [0.3, 0.4) is 0 Å². The Morgan fingerprint density at radius 1 is 0.947 bits per heavy atom. The van der Waals surface area contributed by atoms with Gasteiger partial charge in [-0.15, -0.1) is 0 Å². The first-order valence-electron chi connectivity index (χ1n) is 13.9. The van der Waals surface area contributed by atoms with E-state index >= 15 is 0 Å². The molecule has 1 aliphatic heterocycles. The van der Waals surface area contributed by atoms with E-state index < -0.39 is 13.9 Å². The third kappa shape index (κ3) is 5.07. The normalized spacial score (nSPS) is 26.0. The molecule has 0 spiro atoms. The van der Waals surface area contributed by atoms with Crippen molar-refractivity contribution in [2.45, 2.75) is 69.2 Å². The Morgan fingerprint density at radius 2 is 1.55 bits per heavy atom. The fraction of sp³-hybridized carbons (Fsp3) is 0.438. The van der Waals surface area contributed by atoms with Gasteiger partial charge in [0.15, 0.2) is 0 Å². The third-order valence-electron chi connectivity index (χ3n) is 8.49. The molecule has 0 unspecified atom stereocenters. The number of anilines is 1. The minimum absolute atomic E-state index is 0.0771. The van der Waals surface area contributed by atoms with E-state index in [9.17, 15) is 9.50 Å². The van der Waals surface area contributed by atoms with Gasteiger partial charge in [-0.1, -0.05) is 81.4 Å². The van der Waals surface area contributed by atoms with Crippen molar-refractivity contribution in [3.05, 3.63) is 90.7 Å². The lowest BCUT2D eigenvalue weighted by Crippen LogP contribution is -2.68. The van der Waals surface area contributed by atoms with Crippen LogP contribution < -0.4 is 15.7 Å². The Hall–Kier alpha value is -2.51. The van der Waals surface area contributed by atoms with Gasteiger partial charge in [0.25, 0.3) is 8.32 Å². The molecule has 3 aromatic carbocycles. The fourth-order valence-corrected chi connectivity index (χ4v) is 11.3. The number of ether oxygens (including phenoxy) is 1. The summed E-state index contributed by atoms with van der Waals surface area (Å²) in [6.07, 6.45) is 2.84. The zero-order valence-corrected chi connectivity index (χ0v) is 23.7. The molecule has 0 aromatic heterocycles. The molecule has 4 atom stereocenters. The Balaban J connectivity index is 1.43. The van der Waals surface area contributed by atoms with Gasteiger partial charge in [0, 0.05) is 24.8 Å². The molecular weight excluding hydrogens is 493 g/mol. The van der Waals surface area contributed by atoms with Gasteiger partial charge in [-0.25, -0.2) is 4.39 Å². The summed E-state index contributed by atoms with van der Waals surface area (Å²) in [5.41, 5.74) is -0.194. The van der Waals surface area contributed by atoms with Crippen molar-refractivity contribution in [3.63, 3.8) is 0 Å². The molecule has 2 fully saturated rings. The number of hydrogen-bond acceptors (Lipinski definition) is 4. The first-order valence-corrected chi connectivity index (χ1v) is 15.8. The van der Waals surface area contributed by atoms with E-state index in [1.807, 2.05) is 0 Å². The second-order valence-electron chi connectivity index (χ2n) is 11.9. The highest BCUT2D eigenvalue weighted by Gasteiger charge is 2.55. The van der Waals surface area contributed by atoms with E-state index in [-0.39, 0.29) is 28.9 Å². The molecule has 202 valence electrons. The van der Waals surface area contributed by atoms with Gasteiger partial charge in [0.1, 0.15) is 11.4 Å². The Labute approximate surface area is 227 Å². The molecule has 0 amide bonds. The van der Waals surface area contributed by atoms with Gasteiger partial charge in [-0.2, -0.15) is 0 Å². The van der Waals surface area contributed by atoms with Crippen LogP contribution in [0.4, 0.5) is 10.1 Å². The highest BCUT2D eigenvalue weighted by atomic mass is 28.4. The maximum Gasteiger partial charge on any atom is 0.261 e. The largest absolute Gasteiger partial charge is 0.407 e. The van der Waals surface area contributed by atoms with E-state index in [4.69, 9.17) is 9.16 Å². The molecule has 6 heteroatoms. The van der Waals surface area contributed by atoms with E-state index in [1.54, 1.807) is 12.1 Å². The van der Waals surface area contributed by atoms with Crippen LogP contribution in [-0.4, -0.2) is 44.4 Å². The van der Waals surface area contributed by atoms with Crippen LogP contribution >= 0.6 is 0 Å². The number of aliphatic hydroxyl groups is 1. The summed E-state index contributed by atoms with van der Waals surface area (Å²) >= 11 is 0. The Kier molecular flexibility index (Phi) is 7.78. The summed E-state index contributed by atoms with van der Waals surface area (Å²) in [7, 11) is -2.69. The van der Waals surface area contributed by atoms with Crippen molar-refractivity contribution >= 4 is 24.4 Å². The summed E-state index contributed by atoms with van der Waals surface area (Å²) in [6, 6.07) is 27.6. The summed E-state index contributed by atoms with van der Waals surface area (Å²) in [4.78, 5) is 0. The van der Waals surface area contributed by atoms with Gasteiger partial charge in [0.2, 0.25) is 0 Å². The van der Waals surface area contributed by atoms with Crippen LogP contribution in [0.5, 0.6) is 0 Å². The summed E-state index contributed by atoms with van der Waals surface area (Å²) in [6.45, 7) is 8.04. The zero-order valence-electron chi connectivity index (χ0n) is 22.7. The fourth-order valence-electron chi connectivity index (χ4n) is 6.66. The van der Waals surface area contributed by atoms with Crippen LogP contribution in [-0.2, 0) is 9.16 Å². The molecule has 1 saturated heterocycles. The average Bonchev–Trinajstić information content (AvgIpc) is 2.91. The van der Waals surface area contributed by atoms with Crippen molar-refractivity contribution in [1.29, 1.82) is 0 Å². The van der Waals surface area contributed by atoms with Gasteiger partial charge < -0.3 is 19.6 Å². The highest BCUT2D eigenvalue weighted by Crippen LogP contribution is 2.44. The van der Waals surface area contributed by atoms with Crippen LogP contribution in [0.2, 0.25) is 5.04 Å². The van der Waals surface area contributed by atoms with Gasteiger partial charge >= 0.3 is 0 Å². The molecule has 2 aliphatic rings. The van der Waals surface area contributed by atoms with Crippen molar-refractivity contribution in [3.8, 4) is 0 Å². The van der Waals surface area contributed by atoms with Crippen molar-refractivity contribution in [2.75, 3.05) is 18.5 Å². The molecule has 1 heterocycles. The third-order valence-corrected chi connectivity index (χ3v) is 13.5. The van der Waals surface area contributed by atoms with Gasteiger partial charge in [-0.3, -0.25) is 0 Å². The first kappa shape index (κ1) is 27.1. The molecule has 1 aliphatic carbocycles. The molecule has 5 rings (SSSR count). The molecule has 3 aromatic rings. The lowest BCUT2D eigenvalue weighted by Gasteiger charge is -2.53. The van der Waals surface area contributed by atoms with E-state index in [0.29, 0.717) is 19.6 Å². The number of rotatable bonds is 7. The monoisotopic (exact) mass is 533 g/mol. The second kappa shape index (κ2) is 10.9. The predicted octanol–water partition coefficient (Wildman–Crippen LogP) is 5.50. The van der Waals surface area contributed by atoms with E-state index in [0.717, 1.165) is 24.9 Å². The number of nitrogens with one attached hydrogen (secondary N) is 1. The van der Waals surface area contributed by atoms with Gasteiger partial charge in [-0.05, 0) is 65.4 Å². The smallest absolute Gasteiger partial charge is 0.261 e. The Bertz CT molecular complexity index is 1150. The quantitative estimate of drug-likeness (QED) is 0.394. The minimum atomic E-state index is -2.69. The molecule has 1 saturated carbocycles. The van der Waals surface area contributed by atoms with Crippen LogP contribution in [0.15, 0.2) is 84.9 Å². The standard InChI is InChI=1S/C32H40FNO3Si/c1-31(2,3)38(27-11-6-4-7-12-27,28-13-8-5-9-14-28)37-23-24-15-20-29(32(35)21-10-22-36-30(24)32)34-26-18-16-25(33)17-19-26/h4-9,11-14,16-19,24,29-30,34-35H,10,15,20-23H2,1-3H3/t24-,29+,30+,32-/m0/s1. The lowest BCUT2D eigenvalue weighted by atomic mass is 9.69.